The second-order valence-electron chi connectivity index (χ2n) is 4.69. The highest BCUT2D eigenvalue weighted by atomic mass is 19.1. The van der Waals surface area contributed by atoms with E-state index < -0.39 is 0 Å². The van der Waals surface area contributed by atoms with Gasteiger partial charge in [-0.25, -0.2) is 4.39 Å². The predicted octanol–water partition coefficient (Wildman–Crippen LogP) is 1.59. The number of methoxy groups -OCH3 is 1. The first kappa shape index (κ1) is 13.8. The first-order chi connectivity index (χ1) is 9.20. The SMILES string of the molecule is COc1ccc(CNC2CCCCNC2=O)cc1F. The summed E-state index contributed by atoms with van der Waals surface area (Å²) in [6.07, 6.45) is 2.86. The number of carbonyl (C=O) groups is 1. The predicted molar refractivity (Wildman–Crippen MR) is 70.4 cm³/mol. The lowest BCUT2D eigenvalue weighted by Crippen LogP contribution is -2.42. The number of benzene rings is 1. The molecule has 1 amide bonds. The Morgan fingerprint density at radius 1 is 1.47 bits per heavy atom. The van der Waals surface area contributed by atoms with Crippen LogP contribution in [0.25, 0.3) is 0 Å². The molecule has 0 aliphatic carbocycles. The van der Waals surface area contributed by atoms with Crippen LogP contribution in [0.1, 0.15) is 24.8 Å². The van der Waals surface area contributed by atoms with Crippen molar-refractivity contribution in [3.8, 4) is 5.75 Å². The quantitative estimate of drug-likeness (QED) is 0.870. The van der Waals surface area contributed by atoms with Crippen LogP contribution in [0.4, 0.5) is 4.39 Å². The molecule has 2 rings (SSSR count). The molecule has 1 aliphatic heterocycles. The maximum atomic E-state index is 13.5. The second kappa shape index (κ2) is 6.52. The van der Waals surface area contributed by atoms with E-state index in [-0.39, 0.29) is 23.5 Å². The first-order valence-corrected chi connectivity index (χ1v) is 6.54. The van der Waals surface area contributed by atoms with Gasteiger partial charge in [0.05, 0.1) is 13.2 Å². The third kappa shape index (κ3) is 3.67. The van der Waals surface area contributed by atoms with E-state index in [0.717, 1.165) is 31.4 Å². The molecule has 1 unspecified atom stereocenters. The van der Waals surface area contributed by atoms with Crippen molar-refractivity contribution in [2.24, 2.45) is 0 Å². The van der Waals surface area contributed by atoms with E-state index in [9.17, 15) is 9.18 Å². The van der Waals surface area contributed by atoms with Gasteiger partial charge >= 0.3 is 0 Å². The number of carbonyl (C=O) groups excluding carboxylic acids is 1. The summed E-state index contributed by atoms with van der Waals surface area (Å²) in [4.78, 5) is 11.7. The van der Waals surface area contributed by atoms with Crippen LogP contribution in [0.5, 0.6) is 5.75 Å². The van der Waals surface area contributed by atoms with E-state index in [4.69, 9.17) is 4.74 Å². The van der Waals surface area contributed by atoms with Gasteiger partial charge < -0.3 is 15.4 Å². The molecule has 1 aliphatic rings. The van der Waals surface area contributed by atoms with Crippen LogP contribution in [0.15, 0.2) is 18.2 Å². The van der Waals surface area contributed by atoms with E-state index in [1.807, 2.05) is 0 Å². The molecule has 1 aromatic carbocycles. The van der Waals surface area contributed by atoms with Gasteiger partial charge in [-0.3, -0.25) is 4.79 Å². The summed E-state index contributed by atoms with van der Waals surface area (Å²) in [7, 11) is 1.44. The lowest BCUT2D eigenvalue weighted by molar-refractivity contribution is -0.122. The van der Waals surface area contributed by atoms with Crippen LogP contribution in [-0.2, 0) is 11.3 Å². The zero-order chi connectivity index (χ0) is 13.7. The zero-order valence-corrected chi connectivity index (χ0v) is 11.0. The van der Waals surface area contributed by atoms with E-state index >= 15 is 0 Å². The molecule has 1 saturated heterocycles. The van der Waals surface area contributed by atoms with E-state index in [0.29, 0.717) is 6.54 Å². The van der Waals surface area contributed by atoms with Crippen LogP contribution in [0.3, 0.4) is 0 Å². The van der Waals surface area contributed by atoms with Crippen LogP contribution < -0.4 is 15.4 Å². The van der Waals surface area contributed by atoms with E-state index in [2.05, 4.69) is 10.6 Å². The number of nitrogens with one attached hydrogen (secondary N) is 2. The Balaban J connectivity index is 1.94. The van der Waals surface area contributed by atoms with E-state index in [1.165, 1.54) is 13.2 Å². The van der Waals surface area contributed by atoms with Crippen LogP contribution >= 0.6 is 0 Å². The fourth-order valence-electron chi connectivity index (χ4n) is 2.20. The Hall–Kier alpha value is -1.62. The Labute approximate surface area is 112 Å². The van der Waals surface area contributed by atoms with Gasteiger partial charge in [0.15, 0.2) is 11.6 Å². The second-order valence-corrected chi connectivity index (χ2v) is 4.69. The maximum absolute atomic E-state index is 13.5. The fourth-order valence-corrected chi connectivity index (χ4v) is 2.20. The number of ether oxygens (including phenoxy) is 1. The smallest absolute Gasteiger partial charge is 0.237 e. The molecular weight excluding hydrogens is 247 g/mol. The molecule has 5 heteroatoms. The summed E-state index contributed by atoms with van der Waals surface area (Å²) >= 11 is 0. The lowest BCUT2D eigenvalue weighted by atomic mass is 10.1. The minimum Gasteiger partial charge on any atom is -0.494 e. The molecule has 0 aromatic heterocycles. The van der Waals surface area contributed by atoms with Crippen molar-refractivity contribution in [2.75, 3.05) is 13.7 Å². The van der Waals surface area contributed by atoms with Gasteiger partial charge in [0.2, 0.25) is 5.91 Å². The summed E-state index contributed by atoms with van der Waals surface area (Å²) < 4.78 is 18.4. The standard InChI is InChI=1S/C14H19FN2O2/c1-19-13-6-5-10(8-11(13)15)9-17-12-4-2-3-7-16-14(12)18/h5-6,8,12,17H,2-4,7,9H2,1H3,(H,16,18). The molecule has 0 spiro atoms. The highest BCUT2D eigenvalue weighted by Gasteiger charge is 2.19. The highest BCUT2D eigenvalue weighted by Crippen LogP contribution is 2.17. The topological polar surface area (TPSA) is 50.4 Å². The Kier molecular flexibility index (Phi) is 4.74. The molecule has 2 N–H and O–H groups in total. The minimum absolute atomic E-state index is 0.0338. The molecular formula is C14H19FN2O2. The average molecular weight is 266 g/mol. The summed E-state index contributed by atoms with van der Waals surface area (Å²) in [5.74, 6) is -0.116. The molecule has 104 valence electrons. The molecule has 1 aromatic rings. The van der Waals surface area contributed by atoms with Crippen molar-refractivity contribution >= 4 is 5.91 Å². The fraction of sp³-hybridized carbons (Fsp3) is 0.500. The molecule has 0 saturated carbocycles. The number of rotatable bonds is 4. The van der Waals surface area contributed by atoms with Crippen molar-refractivity contribution in [3.63, 3.8) is 0 Å². The Morgan fingerprint density at radius 2 is 2.32 bits per heavy atom. The molecule has 1 heterocycles. The van der Waals surface area contributed by atoms with Crippen molar-refractivity contribution in [1.29, 1.82) is 0 Å². The van der Waals surface area contributed by atoms with E-state index in [1.54, 1.807) is 12.1 Å². The van der Waals surface area contributed by atoms with Gasteiger partial charge in [-0.15, -0.1) is 0 Å². The van der Waals surface area contributed by atoms with Gasteiger partial charge in [-0.1, -0.05) is 6.07 Å². The number of hydrogen-bond acceptors (Lipinski definition) is 3. The van der Waals surface area contributed by atoms with Crippen LogP contribution in [-0.4, -0.2) is 25.6 Å². The number of halogens is 1. The third-order valence-corrected chi connectivity index (χ3v) is 3.30. The van der Waals surface area contributed by atoms with Gasteiger partial charge in [0.1, 0.15) is 0 Å². The normalized spacial score (nSPS) is 19.7. The minimum atomic E-state index is -0.382. The number of hydrogen-bond donors (Lipinski definition) is 2. The van der Waals surface area contributed by atoms with Gasteiger partial charge in [-0.05, 0) is 37.0 Å². The molecule has 4 nitrogen and oxygen atoms in total. The van der Waals surface area contributed by atoms with Crippen molar-refractivity contribution in [2.45, 2.75) is 31.8 Å². The summed E-state index contributed by atoms with van der Waals surface area (Å²) in [5, 5.41) is 6.04. The summed E-state index contributed by atoms with van der Waals surface area (Å²) in [5.41, 5.74) is 0.801. The zero-order valence-electron chi connectivity index (χ0n) is 11.0. The van der Waals surface area contributed by atoms with Gasteiger partial charge in [0.25, 0.3) is 0 Å². The third-order valence-electron chi connectivity index (χ3n) is 3.30. The van der Waals surface area contributed by atoms with Gasteiger partial charge in [0, 0.05) is 13.1 Å². The molecule has 0 bridgehead atoms. The monoisotopic (exact) mass is 266 g/mol. The molecule has 1 fully saturated rings. The first-order valence-electron chi connectivity index (χ1n) is 6.54. The van der Waals surface area contributed by atoms with Crippen LogP contribution in [0, 0.1) is 5.82 Å². The van der Waals surface area contributed by atoms with Gasteiger partial charge in [-0.2, -0.15) is 0 Å². The van der Waals surface area contributed by atoms with Crippen molar-refractivity contribution in [3.05, 3.63) is 29.6 Å². The maximum Gasteiger partial charge on any atom is 0.237 e. The summed E-state index contributed by atoms with van der Waals surface area (Å²) in [6.45, 7) is 1.22. The largest absolute Gasteiger partial charge is 0.494 e. The molecule has 0 radical (unpaired) electrons. The summed E-state index contributed by atoms with van der Waals surface area (Å²) in [6, 6.07) is 4.64. The molecule has 1 atom stereocenters. The lowest BCUT2D eigenvalue weighted by Gasteiger charge is -2.15. The average Bonchev–Trinajstić information content (AvgIpc) is 2.61. The Morgan fingerprint density at radius 3 is 3.05 bits per heavy atom. The highest BCUT2D eigenvalue weighted by molar-refractivity contribution is 5.81. The van der Waals surface area contributed by atoms with Crippen LogP contribution in [0.2, 0.25) is 0 Å². The Bertz CT molecular complexity index is 451. The molecule has 19 heavy (non-hydrogen) atoms. The van der Waals surface area contributed by atoms with Crippen molar-refractivity contribution in [1.82, 2.24) is 10.6 Å². The van der Waals surface area contributed by atoms with Crippen molar-refractivity contribution < 1.29 is 13.9 Å². The number of amides is 1.